The molecule has 1 heterocycles. The number of nitrogens with one attached hydrogen (secondary N) is 1. The van der Waals surface area contributed by atoms with Crippen LogP contribution < -0.4 is 15.0 Å². The number of fused-ring (bicyclic) bond motifs is 1. The van der Waals surface area contributed by atoms with E-state index in [2.05, 4.69) is 5.32 Å². The first-order valence-corrected chi connectivity index (χ1v) is 9.75. The third-order valence-electron chi connectivity index (χ3n) is 4.64. The number of hydrogen-bond acceptors (Lipinski definition) is 3. The van der Waals surface area contributed by atoms with Gasteiger partial charge in [-0.3, -0.25) is 9.59 Å². The topological polar surface area (TPSA) is 58.6 Å². The summed E-state index contributed by atoms with van der Waals surface area (Å²) in [4.78, 5) is 26.4. The van der Waals surface area contributed by atoms with Crippen molar-refractivity contribution in [3.8, 4) is 5.75 Å². The molecule has 0 fully saturated rings. The first-order valence-electron chi connectivity index (χ1n) is 8.99. The lowest BCUT2D eigenvalue weighted by Crippen LogP contribution is -2.38. The predicted octanol–water partition coefficient (Wildman–Crippen LogP) is 5.31. The standard InChI is InChI=1S/C22H15Cl2FN2O3/c23-14-6-4-13(5-7-14)22(29)26-15-8-9-20-19(10-15)27(21(28)12-30-20)11-16-17(24)2-1-3-18(16)25/h1-10H,11-12H2,(H,26,29). The summed E-state index contributed by atoms with van der Waals surface area (Å²) < 4.78 is 19.7. The molecule has 8 heteroatoms. The molecule has 1 aliphatic heterocycles. The van der Waals surface area contributed by atoms with E-state index in [1.54, 1.807) is 48.5 Å². The minimum atomic E-state index is -0.504. The van der Waals surface area contributed by atoms with Crippen molar-refractivity contribution in [2.24, 2.45) is 0 Å². The van der Waals surface area contributed by atoms with Crippen LogP contribution in [0.2, 0.25) is 10.0 Å². The van der Waals surface area contributed by atoms with Gasteiger partial charge in [0.1, 0.15) is 11.6 Å². The number of ether oxygens (including phenoxy) is 1. The quantitative estimate of drug-likeness (QED) is 0.592. The maximum absolute atomic E-state index is 14.3. The van der Waals surface area contributed by atoms with E-state index in [-0.39, 0.29) is 35.6 Å². The van der Waals surface area contributed by atoms with Crippen LogP contribution in [0, 0.1) is 5.82 Å². The Balaban J connectivity index is 1.63. The molecule has 0 aromatic heterocycles. The molecule has 0 radical (unpaired) electrons. The zero-order chi connectivity index (χ0) is 21.3. The van der Waals surface area contributed by atoms with Gasteiger partial charge in [0.2, 0.25) is 0 Å². The second-order valence-corrected chi connectivity index (χ2v) is 7.46. The lowest BCUT2D eigenvalue weighted by Gasteiger charge is -2.30. The number of carbonyl (C=O) groups is 2. The van der Waals surface area contributed by atoms with Crippen LogP contribution in [0.25, 0.3) is 0 Å². The number of nitrogens with zero attached hydrogens (tertiary/aromatic N) is 1. The van der Waals surface area contributed by atoms with Gasteiger partial charge in [-0.15, -0.1) is 0 Å². The third kappa shape index (κ3) is 4.10. The van der Waals surface area contributed by atoms with Crippen molar-refractivity contribution < 1.29 is 18.7 Å². The Morgan fingerprint density at radius 2 is 1.87 bits per heavy atom. The van der Waals surface area contributed by atoms with Gasteiger partial charge in [-0.2, -0.15) is 0 Å². The average molecular weight is 445 g/mol. The first kappa shape index (κ1) is 20.2. The van der Waals surface area contributed by atoms with Crippen LogP contribution in [0.4, 0.5) is 15.8 Å². The highest BCUT2D eigenvalue weighted by molar-refractivity contribution is 6.31. The molecule has 30 heavy (non-hydrogen) atoms. The monoisotopic (exact) mass is 444 g/mol. The van der Waals surface area contributed by atoms with E-state index in [1.165, 1.54) is 17.0 Å². The zero-order valence-corrected chi connectivity index (χ0v) is 17.0. The fraction of sp³-hybridized carbons (Fsp3) is 0.0909. The second kappa shape index (κ2) is 8.34. The van der Waals surface area contributed by atoms with Crippen molar-refractivity contribution in [1.82, 2.24) is 0 Å². The van der Waals surface area contributed by atoms with Gasteiger partial charge >= 0.3 is 0 Å². The summed E-state index contributed by atoms with van der Waals surface area (Å²) in [6.45, 7) is -0.231. The number of rotatable bonds is 4. The summed E-state index contributed by atoms with van der Waals surface area (Å²) in [5, 5.41) is 3.53. The van der Waals surface area contributed by atoms with Crippen LogP contribution in [0.3, 0.4) is 0 Å². The molecule has 4 rings (SSSR count). The van der Waals surface area contributed by atoms with Crippen molar-refractivity contribution in [1.29, 1.82) is 0 Å². The Labute approximate surface area is 182 Å². The van der Waals surface area contributed by atoms with Crippen LogP contribution in [-0.2, 0) is 11.3 Å². The number of amides is 2. The van der Waals surface area contributed by atoms with Crippen LogP contribution in [0.1, 0.15) is 15.9 Å². The smallest absolute Gasteiger partial charge is 0.265 e. The third-order valence-corrected chi connectivity index (χ3v) is 5.25. The molecular formula is C22H15Cl2FN2O3. The Morgan fingerprint density at radius 1 is 1.10 bits per heavy atom. The van der Waals surface area contributed by atoms with E-state index in [1.807, 2.05) is 0 Å². The molecule has 0 saturated carbocycles. The van der Waals surface area contributed by atoms with E-state index in [4.69, 9.17) is 27.9 Å². The highest BCUT2D eigenvalue weighted by atomic mass is 35.5. The molecule has 5 nitrogen and oxygen atoms in total. The molecule has 3 aromatic carbocycles. The highest BCUT2D eigenvalue weighted by Gasteiger charge is 2.27. The summed E-state index contributed by atoms with van der Waals surface area (Å²) in [5.41, 5.74) is 1.51. The van der Waals surface area contributed by atoms with Crippen molar-refractivity contribution >= 4 is 46.4 Å². The Morgan fingerprint density at radius 3 is 2.60 bits per heavy atom. The molecule has 152 valence electrons. The maximum Gasteiger partial charge on any atom is 0.265 e. The normalized spacial score (nSPS) is 12.9. The maximum atomic E-state index is 14.3. The fourth-order valence-corrected chi connectivity index (χ4v) is 3.45. The van der Waals surface area contributed by atoms with Crippen molar-refractivity contribution in [3.63, 3.8) is 0 Å². The molecule has 0 bridgehead atoms. The lowest BCUT2D eigenvalue weighted by molar-refractivity contribution is -0.121. The van der Waals surface area contributed by atoms with Crippen molar-refractivity contribution in [3.05, 3.63) is 87.7 Å². The largest absolute Gasteiger partial charge is 0.482 e. The molecule has 2 amide bonds. The van der Waals surface area contributed by atoms with Gasteiger partial charge in [0.05, 0.1) is 12.2 Å². The lowest BCUT2D eigenvalue weighted by atomic mass is 10.1. The number of halogens is 3. The number of hydrogen-bond donors (Lipinski definition) is 1. The molecule has 3 aromatic rings. The molecule has 1 N–H and O–H groups in total. The molecule has 0 aliphatic carbocycles. The molecule has 0 saturated heterocycles. The summed E-state index contributed by atoms with van der Waals surface area (Å²) >= 11 is 12.0. The van der Waals surface area contributed by atoms with Gasteiger partial charge in [0, 0.05) is 26.9 Å². The van der Waals surface area contributed by atoms with Gasteiger partial charge in [0.15, 0.2) is 6.61 Å². The van der Waals surface area contributed by atoms with Crippen LogP contribution in [0.5, 0.6) is 5.75 Å². The van der Waals surface area contributed by atoms with Gasteiger partial charge in [-0.05, 0) is 54.6 Å². The molecule has 0 unspecified atom stereocenters. The molecule has 1 aliphatic rings. The Bertz CT molecular complexity index is 1120. The minimum absolute atomic E-state index is 0.0602. The van der Waals surface area contributed by atoms with Gasteiger partial charge in [-0.1, -0.05) is 29.3 Å². The van der Waals surface area contributed by atoms with E-state index in [9.17, 15) is 14.0 Å². The van der Waals surface area contributed by atoms with E-state index < -0.39 is 5.82 Å². The molecule has 0 atom stereocenters. The van der Waals surface area contributed by atoms with Crippen LogP contribution in [-0.4, -0.2) is 18.4 Å². The van der Waals surface area contributed by atoms with Gasteiger partial charge in [-0.25, -0.2) is 4.39 Å². The van der Waals surface area contributed by atoms with Gasteiger partial charge in [0.25, 0.3) is 11.8 Å². The Hall–Kier alpha value is -3.09. The number of anilines is 2. The van der Waals surface area contributed by atoms with E-state index >= 15 is 0 Å². The van der Waals surface area contributed by atoms with Gasteiger partial charge < -0.3 is 15.0 Å². The van der Waals surface area contributed by atoms with Crippen LogP contribution in [0.15, 0.2) is 60.7 Å². The van der Waals surface area contributed by atoms with E-state index in [0.717, 1.165) is 0 Å². The predicted molar refractivity (Wildman–Crippen MR) is 114 cm³/mol. The van der Waals surface area contributed by atoms with Crippen LogP contribution >= 0.6 is 23.2 Å². The molecule has 0 spiro atoms. The summed E-state index contributed by atoms with van der Waals surface area (Å²) in [6.07, 6.45) is 0. The van der Waals surface area contributed by atoms with Crippen molar-refractivity contribution in [2.75, 3.05) is 16.8 Å². The first-order chi connectivity index (χ1) is 14.4. The average Bonchev–Trinajstić information content (AvgIpc) is 2.72. The van der Waals surface area contributed by atoms with E-state index in [0.29, 0.717) is 27.7 Å². The summed E-state index contributed by atoms with van der Waals surface area (Å²) in [5.74, 6) is -0.733. The highest BCUT2D eigenvalue weighted by Crippen LogP contribution is 2.36. The minimum Gasteiger partial charge on any atom is -0.482 e. The molecular weight excluding hydrogens is 430 g/mol. The number of benzene rings is 3. The zero-order valence-electron chi connectivity index (χ0n) is 15.5. The van der Waals surface area contributed by atoms with Crippen molar-refractivity contribution in [2.45, 2.75) is 6.54 Å². The SMILES string of the molecule is O=C(Nc1ccc2c(c1)N(Cc1c(F)cccc1Cl)C(=O)CO2)c1ccc(Cl)cc1. The second-order valence-electron chi connectivity index (χ2n) is 6.61. The summed E-state index contributed by atoms with van der Waals surface area (Å²) in [6, 6.07) is 15.7. The Kier molecular flexibility index (Phi) is 5.61. The summed E-state index contributed by atoms with van der Waals surface area (Å²) in [7, 11) is 0. The number of carbonyl (C=O) groups excluding carboxylic acids is 2. The fourth-order valence-electron chi connectivity index (χ4n) is 3.10.